The lowest BCUT2D eigenvalue weighted by atomic mass is 10.1. The van der Waals surface area contributed by atoms with Crippen LogP contribution in [0.25, 0.3) is 10.6 Å². The maximum Gasteiger partial charge on any atom is 0.191 e. The molecule has 1 aliphatic heterocycles. The Morgan fingerprint density at radius 2 is 2.07 bits per heavy atom. The van der Waals surface area contributed by atoms with Crippen molar-refractivity contribution in [3.05, 3.63) is 47.0 Å². The molecule has 2 aromatic heterocycles. The first kappa shape index (κ1) is 18.6. The van der Waals surface area contributed by atoms with Crippen LogP contribution >= 0.6 is 23.1 Å². The minimum absolute atomic E-state index is 0.0776. The van der Waals surface area contributed by atoms with Crippen LogP contribution in [0.4, 0.5) is 4.39 Å². The van der Waals surface area contributed by atoms with Gasteiger partial charge in [-0.3, -0.25) is 0 Å². The topological polar surface area (TPSA) is 77.7 Å². The highest BCUT2D eigenvalue weighted by molar-refractivity contribution is 7.98. The summed E-state index contributed by atoms with van der Waals surface area (Å²) in [5.74, 6) is 1.38. The molecule has 1 aromatic carbocycles. The van der Waals surface area contributed by atoms with E-state index in [2.05, 4.69) is 15.2 Å². The number of thioether (sulfide) groups is 1. The van der Waals surface area contributed by atoms with E-state index in [0.717, 1.165) is 27.2 Å². The molecule has 0 radical (unpaired) electrons. The summed E-state index contributed by atoms with van der Waals surface area (Å²) in [6.45, 7) is 0. The van der Waals surface area contributed by atoms with Crippen molar-refractivity contribution in [3.63, 3.8) is 0 Å². The Hall–Kier alpha value is -1.78. The second-order valence-electron chi connectivity index (χ2n) is 6.44. The van der Waals surface area contributed by atoms with E-state index in [9.17, 15) is 12.8 Å². The summed E-state index contributed by atoms with van der Waals surface area (Å²) in [6, 6.07) is 6.29. The van der Waals surface area contributed by atoms with Crippen molar-refractivity contribution < 1.29 is 12.8 Å². The molecule has 6 nitrogen and oxygen atoms in total. The molecular formula is C17H17FN4O2S3. The zero-order valence-corrected chi connectivity index (χ0v) is 17.0. The van der Waals surface area contributed by atoms with Crippen LogP contribution < -0.4 is 0 Å². The highest BCUT2D eigenvalue weighted by Crippen LogP contribution is 2.31. The lowest BCUT2D eigenvalue weighted by Gasteiger charge is -2.07. The third-order valence-electron chi connectivity index (χ3n) is 4.46. The van der Waals surface area contributed by atoms with E-state index in [-0.39, 0.29) is 23.2 Å². The van der Waals surface area contributed by atoms with Crippen LogP contribution in [0.2, 0.25) is 0 Å². The predicted octanol–water partition coefficient (Wildman–Crippen LogP) is 3.27. The Labute approximate surface area is 164 Å². The van der Waals surface area contributed by atoms with E-state index in [1.54, 1.807) is 12.1 Å². The molecule has 0 N–H and O–H groups in total. The summed E-state index contributed by atoms with van der Waals surface area (Å²) >= 11 is 3.03. The number of hydrogen-bond donors (Lipinski definition) is 0. The van der Waals surface area contributed by atoms with Gasteiger partial charge in [0.2, 0.25) is 0 Å². The van der Waals surface area contributed by atoms with Gasteiger partial charge < -0.3 is 4.57 Å². The number of sulfone groups is 1. The van der Waals surface area contributed by atoms with Gasteiger partial charge in [-0.2, -0.15) is 0 Å². The fourth-order valence-corrected chi connectivity index (χ4v) is 6.52. The van der Waals surface area contributed by atoms with Gasteiger partial charge in [-0.25, -0.2) is 17.8 Å². The van der Waals surface area contributed by atoms with E-state index in [1.165, 1.54) is 35.2 Å². The van der Waals surface area contributed by atoms with Gasteiger partial charge in [-0.1, -0.05) is 11.8 Å². The number of rotatable bonds is 5. The molecule has 1 unspecified atom stereocenters. The first-order valence-electron chi connectivity index (χ1n) is 8.34. The van der Waals surface area contributed by atoms with E-state index in [1.807, 2.05) is 17.0 Å². The van der Waals surface area contributed by atoms with Gasteiger partial charge in [0.1, 0.15) is 16.6 Å². The average molecular weight is 425 g/mol. The number of nitrogens with zero attached hydrogens (tertiary/aromatic N) is 4. The van der Waals surface area contributed by atoms with Crippen LogP contribution in [0, 0.1) is 5.82 Å². The van der Waals surface area contributed by atoms with E-state index in [0.29, 0.717) is 12.2 Å². The largest absolute Gasteiger partial charge is 0.309 e. The normalized spacial score (nSPS) is 18.8. The molecule has 0 aliphatic carbocycles. The van der Waals surface area contributed by atoms with Gasteiger partial charge in [0.25, 0.3) is 0 Å². The summed E-state index contributed by atoms with van der Waals surface area (Å²) in [4.78, 5) is 4.60. The number of aromatic nitrogens is 4. The monoisotopic (exact) mass is 424 g/mol. The van der Waals surface area contributed by atoms with Crippen molar-refractivity contribution in [2.45, 2.75) is 23.2 Å². The Kier molecular flexibility index (Phi) is 5.04. The molecule has 3 aromatic rings. The SMILES string of the molecule is Cn1c(SCc2csc(-c3ccc(F)cc3)n2)nnc1C1CCS(=O)(=O)C1. The summed E-state index contributed by atoms with van der Waals surface area (Å²) in [7, 11) is -1.08. The van der Waals surface area contributed by atoms with E-state index >= 15 is 0 Å². The molecule has 4 rings (SSSR count). The summed E-state index contributed by atoms with van der Waals surface area (Å²) in [5.41, 5.74) is 1.80. The predicted molar refractivity (Wildman–Crippen MR) is 104 cm³/mol. The Balaban J connectivity index is 1.43. The van der Waals surface area contributed by atoms with Gasteiger partial charge in [0, 0.05) is 29.7 Å². The highest BCUT2D eigenvalue weighted by Gasteiger charge is 2.32. The van der Waals surface area contributed by atoms with Crippen LogP contribution in [-0.4, -0.2) is 39.7 Å². The van der Waals surface area contributed by atoms with Crippen molar-refractivity contribution in [3.8, 4) is 10.6 Å². The van der Waals surface area contributed by atoms with Crippen molar-refractivity contribution >= 4 is 32.9 Å². The zero-order chi connectivity index (χ0) is 19.0. The van der Waals surface area contributed by atoms with Gasteiger partial charge in [-0.05, 0) is 30.7 Å². The number of benzene rings is 1. The molecule has 1 saturated heterocycles. The quantitative estimate of drug-likeness (QED) is 0.585. The Morgan fingerprint density at radius 3 is 2.78 bits per heavy atom. The smallest absolute Gasteiger partial charge is 0.191 e. The molecule has 10 heteroatoms. The lowest BCUT2D eigenvalue weighted by Crippen LogP contribution is -2.09. The average Bonchev–Trinajstić information content (AvgIpc) is 3.33. The van der Waals surface area contributed by atoms with Gasteiger partial charge in [0.05, 0.1) is 17.2 Å². The maximum absolute atomic E-state index is 13.0. The standard InChI is InChI=1S/C17H17FN4O2S3/c1-22-15(12-6-7-27(23,24)10-12)20-21-17(22)26-9-14-8-25-16(19-14)11-2-4-13(18)5-3-11/h2-5,8,12H,6-7,9-10H2,1H3. The molecule has 142 valence electrons. The van der Waals surface area contributed by atoms with Crippen LogP contribution in [0.15, 0.2) is 34.8 Å². The number of halogens is 1. The molecule has 0 amide bonds. The Morgan fingerprint density at radius 1 is 1.30 bits per heavy atom. The number of hydrogen-bond acceptors (Lipinski definition) is 7. The summed E-state index contributed by atoms with van der Waals surface area (Å²) < 4.78 is 38.3. The third-order valence-corrected chi connectivity index (χ3v) is 8.22. The maximum atomic E-state index is 13.0. The van der Waals surface area contributed by atoms with Crippen molar-refractivity contribution in [2.24, 2.45) is 7.05 Å². The molecule has 1 atom stereocenters. The molecule has 1 aliphatic rings. The molecule has 0 spiro atoms. The van der Waals surface area contributed by atoms with Crippen LogP contribution in [0.1, 0.15) is 23.9 Å². The van der Waals surface area contributed by atoms with E-state index in [4.69, 9.17) is 0 Å². The summed E-state index contributed by atoms with van der Waals surface area (Å²) in [6.07, 6.45) is 0.603. The first-order chi connectivity index (χ1) is 12.9. The third kappa shape index (κ3) is 4.07. The molecule has 1 fully saturated rings. The minimum atomic E-state index is -2.95. The molecule has 3 heterocycles. The minimum Gasteiger partial charge on any atom is -0.309 e. The van der Waals surface area contributed by atoms with Crippen LogP contribution in [-0.2, 0) is 22.6 Å². The van der Waals surface area contributed by atoms with Crippen molar-refractivity contribution in [2.75, 3.05) is 11.5 Å². The molecular weight excluding hydrogens is 407 g/mol. The molecule has 0 saturated carbocycles. The van der Waals surface area contributed by atoms with Crippen LogP contribution in [0.5, 0.6) is 0 Å². The zero-order valence-electron chi connectivity index (χ0n) is 14.5. The van der Waals surface area contributed by atoms with E-state index < -0.39 is 9.84 Å². The first-order valence-corrected chi connectivity index (χ1v) is 12.0. The molecule has 27 heavy (non-hydrogen) atoms. The lowest BCUT2D eigenvalue weighted by molar-refractivity contribution is 0.599. The van der Waals surface area contributed by atoms with Crippen molar-refractivity contribution in [1.29, 1.82) is 0 Å². The van der Waals surface area contributed by atoms with Gasteiger partial charge in [-0.15, -0.1) is 21.5 Å². The van der Waals surface area contributed by atoms with Crippen LogP contribution in [0.3, 0.4) is 0 Å². The fourth-order valence-electron chi connectivity index (χ4n) is 3.04. The Bertz CT molecular complexity index is 1060. The second kappa shape index (κ2) is 7.33. The summed E-state index contributed by atoms with van der Waals surface area (Å²) in [5, 5.41) is 12.0. The van der Waals surface area contributed by atoms with Gasteiger partial charge >= 0.3 is 0 Å². The highest BCUT2D eigenvalue weighted by atomic mass is 32.2. The number of thiazole rings is 1. The van der Waals surface area contributed by atoms with Crippen molar-refractivity contribution in [1.82, 2.24) is 19.7 Å². The molecule has 0 bridgehead atoms. The van der Waals surface area contributed by atoms with Gasteiger partial charge in [0.15, 0.2) is 15.0 Å². The fraction of sp³-hybridized carbons (Fsp3) is 0.353. The second-order valence-corrected chi connectivity index (χ2v) is 10.5.